The molecule has 2 heterocycles. The Labute approximate surface area is 112 Å². The van der Waals surface area contributed by atoms with Gasteiger partial charge in [-0.15, -0.1) is 0 Å². The maximum absolute atomic E-state index is 5.65. The van der Waals surface area contributed by atoms with Gasteiger partial charge in [-0.1, -0.05) is 18.2 Å². The van der Waals surface area contributed by atoms with Gasteiger partial charge in [-0.2, -0.15) is 0 Å². The standard InChI is InChI=1S/C14H20N2OS/c1-9-6-7-13(17-9)10(2)15-14-16-12-5-3-4-11(12)8-18-14/h6-7,10-12H,3-5,8H2,1-2H3,(H,15,16). The highest BCUT2D eigenvalue weighted by Gasteiger charge is 2.31. The number of nitrogens with zero attached hydrogens (tertiary/aromatic N) is 1. The summed E-state index contributed by atoms with van der Waals surface area (Å²) in [6.07, 6.45) is 3.98. The van der Waals surface area contributed by atoms with E-state index in [2.05, 4.69) is 12.2 Å². The quantitative estimate of drug-likeness (QED) is 0.888. The lowest BCUT2D eigenvalue weighted by Crippen LogP contribution is -2.31. The van der Waals surface area contributed by atoms with Crippen LogP contribution in [-0.2, 0) is 0 Å². The molecule has 0 radical (unpaired) electrons. The molecule has 3 nitrogen and oxygen atoms in total. The number of hydrogen-bond acceptors (Lipinski definition) is 4. The summed E-state index contributed by atoms with van der Waals surface area (Å²) >= 11 is 1.87. The predicted octanol–water partition coefficient (Wildman–Crippen LogP) is 3.51. The van der Waals surface area contributed by atoms with Crippen LogP contribution < -0.4 is 5.32 Å². The molecule has 1 aliphatic heterocycles. The maximum Gasteiger partial charge on any atom is 0.157 e. The second-order valence-electron chi connectivity index (χ2n) is 5.32. The molecule has 0 bridgehead atoms. The van der Waals surface area contributed by atoms with Crippen LogP contribution in [0, 0.1) is 12.8 Å². The molecule has 3 atom stereocenters. The van der Waals surface area contributed by atoms with Crippen LogP contribution in [0.4, 0.5) is 0 Å². The summed E-state index contributed by atoms with van der Waals surface area (Å²) < 4.78 is 5.65. The smallest absolute Gasteiger partial charge is 0.157 e. The van der Waals surface area contributed by atoms with E-state index >= 15 is 0 Å². The van der Waals surface area contributed by atoms with Crippen LogP contribution in [0.2, 0.25) is 0 Å². The van der Waals surface area contributed by atoms with Gasteiger partial charge in [0.15, 0.2) is 5.17 Å². The number of aryl methyl sites for hydroxylation is 1. The van der Waals surface area contributed by atoms with Crippen molar-refractivity contribution in [3.05, 3.63) is 23.7 Å². The molecule has 1 aliphatic carbocycles. The average Bonchev–Trinajstić information content (AvgIpc) is 2.96. The number of hydrogen-bond donors (Lipinski definition) is 1. The number of fused-ring (bicyclic) bond motifs is 1. The molecular formula is C14H20N2OS. The van der Waals surface area contributed by atoms with E-state index in [1.54, 1.807) is 0 Å². The summed E-state index contributed by atoms with van der Waals surface area (Å²) in [4.78, 5) is 4.84. The molecule has 1 aromatic rings. The van der Waals surface area contributed by atoms with Crippen LogP contribution in [0.3, 0.4) is 0 Å². The predicted molar refractivity (Wildman–Crippen MR) is 76.0 cm³/mol. The fourth-order valence-corrected chi connectivity index (χ4v) is 4.01. The van der Waals surface area contributed by atoms with Gasteiger partial charge < -0.3 is 9.73 Å². The van der Waals surface area contributed by atoms with Gasteiger partial charge in [0.1, 0.15) is 11.5 Å². The molecule has 3 rings (SSSR count). The number of amidine groups is 1. The fourth-order valence-electron chi connectivity index (χ4n) is 2.78. The van der Waals surface area contributed by atoms with Gasteiger partial charge in [0.05, 0.1) is 12.1 Å². The molecule has 0 spiro atoms. The molecule has 2 aliphatic rings. The Morgan fingerprint density at radius 1 is 1.44 bits per heavy atom. The molecule has 18 heavy (non-hydrogen) atoms. The van der Waals surface area contributed by atoms with E-state index in [4.69, 9.17) is 9.41 Å². The summed E-state index contributed by atoms with van der Waals surface area (Å²) in [5.41, 5.74) is 0. The highest BCUT2D eigenvalue weighted by atomic mass is 32.2. The van der Waals surface area contributed by atoms with Crippen molar-refractivity contribution in [2.75, 3.05) is 5.75 Å². The number of thioether (sulfide) groups is 1. The summed E-state index contributed by atoms with van der Waals surface area (Å²) in [6.45, 7) is 4.11. The number of nitrogens with one attached hydrogen (secondary N) is 1. The Morgan fingerprint density at radius 2 is 2.33 bits per heavy atom. The van der Waals surface area contributed by atoms with E-state index in [0.717, 1.165) is 22.6 Å². The van der Waals surface area contributed by atoms with Crippen molar-refractivity contribution in [1.82, 2.24) is 5.32 Å². The second-order valence-corrected chi connectivity index (χ2v) is 6.33. The minimum atomic E-state index is 0.197. The van der Waals surface area contributed by atoms with Gasteiger partial charge in [-0.25, -0.2) is 0 Å². The van der Waals surface area contributed by atoms with Crippen molar-refractivity contribution in [3.8, 4) is 0 Å². The van der Waals surface area contributed by atoms with Crippen LogP contribution in [-0.4, -0.2) is 17.0 Å². The molecule has 98 valence electrons. The normalized spacial score (nSPS) is 28.7. The van der Waals surface area contributed by atoms with Gasteiger partial charge >= 0.3 is 0 Å². The Hall–Kier alpha value is -0.900. The molecule has 1 aromatic heterocycles. The van der Waals surface area contributed by atoms with E-state index in [0.29, 0.717) is 6.04 Å². The van der Waals surface area contributed by atoms with Crippen molar-refractivity contribution in [3.63, 3.8) is 0 Å². The Balaban J connectivity index is 1.66. The summed E-state index contributed by atoms with van der Waals surface area (Å²) in [6, 6.07) is 4.82. The third kappa shape index (κ3) is 2.44. The molecular weight excluding hydrogens is 244 g/mol. The lowest BCUT2D eigenvalue weighted by Gasteiger charge is -2.25. The number of furan rings is 1. The van der Waals surface area contributed by atoms with Crippen molar-refractivity contribution in [2.24, 2.45) is 10.9 Å². The third-order valence-corrected chi connectivity index (χ3v) is 4.96. The lowest BCUT2D eigenvalue weighted by atomic mass is 10.1. The van der Waals surface area contributed by atoms with E-state index in [9.17, 15) is 0 Å². The third-order valence-electron chi connectivity index (χ3n) is 3.86. The topological polar surface area (TPSA) is 37.5 Å². The van der Waals surface area contributed by atoms with Crippen molar-refractivity contribution in [2.45, 2.75) is 45.2 Å². The zero-order chi connectivity index (χ0) is 12.5. The molecule has 0 aromatic carbocycles. The number of rotatable bonds is 2. The van der Waals surface area contributed by atoms with Gasteiger partial charge in [0, 0.05) is 5.75 Å². The maximum atomic E-state index is 5.65. The fraction of sp³-hybridized carbons (Fsp3) is 0.643. The minimum absolute atomic E-state index is 0.197. The summed E-state index contributed by atoms with van der Waals surface area (Å²) in [7, 11) is 0. The molecule has 1 fully saturated rings. The Kier molecular flexibility index (Phi) is 3.37. The van der Waals surface area contributed by atoms with Crippen LogP contribution in [0.15, 0.2) is 21.5 Å². The van der Waals surface area contributed by atoms with Crippen molar-refractivity contribution < 1.29 is 4.42 Å². The van der Waals surface area contributed by atoms with Crippen molar-refractivity contribution in [1.29, 1.82) is 0 Å². The summed E-state index contributed by atoms with van der Waals surface area (Å²) in [5, 5.41) is 4.58. The zero-order valence-corrected chi connectivity index (χ0v) is 11.8. The molecule has 1 saturated carbocycles. The SMILES string of the molecule is Cc1ccc(C(C)NC2=NC3CCCC3CS2)o1. The first kappa shape index (κ1) is 12.2. The van der Waals surface area contributed by atoms with Gasteiger partial charge in [-0.05, 0) is 44.7 Å². The van der Waals surface area contributed by atoms with Gasteiger partial charge in [-0.3, -0.25) is 4.99 Å². The molecule has 3 unspecified atom stereocenters. The molecule has 0 saturated heterocycles. The zero-order valence-electron chi connectivity index (χ0n) is 11.0. The number of aliphatic imine (C=N–C) groups is 1. The first-order valence-electron chi connectivity index (χ1n) is 6.76. The first-order valence-corrected chi connectivity index (χ1v) is 7.74. The van der Waals surface area contributed by atoms with E-state index in [1.165, 1.54) is 25.0 Å². The first-order chi connectivity index (χ1) is 8.72. The monoisotopic (exact) mass is 264 g/mol. The van der Waals surface area contributed by atoms with E-state index < -0.39 is 0 Å². The van der Waals surface area contributed by atoms with Crippen LogP contribution in [0.5, 0.6) is 0 Å². The second kappa shape index (κ2) is 5.00. The van der Waals surface area contributed by atoms with E-state index in [1.807, 2.05) is 30.8 Å². The Morgan fingerprint density at radius 3 is 3.11 bits per heavy atom. The van der Waals surface area contributed by atoms with Crippen molar-refractivity contribution >= 4 is 16.9 Å². The lowest BCUT2D eigenvalue weighted by molar-refractivity contribution is 0.442. The van der Waals surface area contributed by atoms with Crippen LogP contribution in [0.25, 0.3) is 0 Å². The molecule has 0 amide bonds. The highest BCUT2D eigenvalue weighted by Crippen LogP contribution is 2.35. The minimum Gasteiger partial charge on any atom is -0.464 e. The molecule has 1 N–H and O–H groups in total. The molecule has 4 heteroatoms. The average molecular weight is 264 g/mol. The largest absolute Gasteiger partial charge is 0.464 e. The highest BCUT2D eigenvalue weighted by molar-refractivity contribution is 8.13. The van der Waals surface area contributed by atoms with Gasteiger partial charge in [0.25, 0.3) is 0 Å². The Bertz CT molecular complexity index is 454. The summed E-state index contributed by atoms with van der Waals surface area (Å²) in [5.74, 6) is 4.00. The van der Waals surface area contributed by atoms with Crippen LogP contribution >= 0.6 is 11.8 Å². The van der Waals surface area contributed by atoms with E-state index in [-0.39, 0.29) is 6.04 Å². The van der Waals surface area contributed by atoms with Gasteiger partial charge in [0.2, 0.25) is 0 Å². The van der Waals surface area contributed by atoms with Crippen LogP contribution in [0.1, 0.15) is 43.7 Å².